The molecule has 0 N–H and O–H groups in total. The van der Waals surface area contributed by atoms with Crippen molar-refractivity contribution in [3.63, 3.8) is 0 Å². The van der Waals surface area contributed by atoms with Gasteiger partial charge in [0.2, 0.25) is 0 Å². The maximum atomic E-state index is 12.8. The van der Waals surface area contributed by atoms with Crippen molar-refractivity contribution in [2.24, 2.45) is 0 Å². The second-order valence-electron chi connectivity index (χ2n) is 2.31. The molecule has 1 aromatic carbocycles. The summed E-state index contributed by atoms with van der Waals surface area (Å²) in [6.07, 6.45) is 5.97. The van der Waals surface area contributed by atoms with E-state index in [1.165, 1.54) is 6.07 Å². The van der Waals surface area contributed by atoms with Crippen molar-refractivity contribution in [1.29, 1.82) is 0 Å². The van der Waals surface area contributed by atoms with Crippen molar-refractivity contribution < 1.29 is 4.39 Å². The first kappa shape index (κ1) is 7.81. The van der Waals surface area contributed by atoms with E-state index in [0.29, 0.717) is 5.56 Å². The van der Waals surface area contributed by atoms with Crippen LogP contribution in [0.3, 0.4) is 0 Å². The molecule has 0 nitrogen and oxygen atoms in total. The Morgan fingerprint density at radius 3 is 2.82 bits per heavy atom. The highest BCUT2D eigenvalue weighted by Gasteiger charge is 1.98. The quantitative estimate of drug-likeness (QED) is 0.536. The first-order valence-corrected chi connectivity index (χ1v) is 3.53. The molecule has 0 aliphatic heterocycles. The zero-order chi connectivity index (χ0) is 8.27. The molecule has 1 heteroatoms. The van der Waals surface area contributed by atoms with Crippen LogP contribution >= 0.6 is 0 Å². The molecule has 1 aromatic rings. The summed E-state index contributed by atoms with van der Waals surface area (Å²) in [6, 6.07) is 4.86. The van der Waals surface area contributed by atoms with Crippen molar-refractivity contribution in [1.82, 2.24) is 0 Å². The van der Waals surface area contributed by atoms with Crippen LogP contribution in [0, 0.1) is 18.2 Å². The highest BCUT2D eigenvalue weighted by Crippen LogP contribution is 2.09. The number of rotatable bonds is 1. The smallest absolute Gasteiger partial charge is 0.138 e. The molecule has 56 valence electrons. The Labute approximate surface area is 66.1 Å². The van der Waals surface area contributed by atoms with Crippen molar-refractivity contribution in [2.75, 3.05) is 0 Å². The highest BCUT2D eigenvalue weighted by molar-refractivity contribution is 5.36. The predicted molar refractivity (Wildman–Crippen MR) is 43.7 cm³/mol. The fourth-order valence-corrected chi connectivity index (χ4v) is 0.903. The first-order chi connectivity index (χ1) is 5.27. The normalized spacial score (nSPS) is 9.18. The van der Waals surface area contributed by atoms with Crippen LogP contribution in [0.2, 0.25) is 0 Å². The van der Waals surface area contributed by atoms with Crippen molar-refractivity contribution in [2.45, 2.75) is 13.3 Å². The molecule has 0 fully saturated rings. The summed E-state index contributed by atoms with van der Waals surface area (Å²) in [5.41, 5.74) is 1.42. The number of hydrogen-bond acceptors (Lipinski definition) is 0. The van der Waals surface area contributed by atoms with Crippen molar-refractivity contribution in [3.8, 4) is 12.3 Å². The average Bonchev–Trinajstić information content (AvgIpc) is 2.05. The fourth-order valence-electron chi connectivity index (χ4n) is 0.903. The van der Waals surface area contributed by atoms with E-state index in [4.69, 9.17) is 6.42 Å². The molecule has 0 aromatic heterocycles. The zero-order valence-electron chi connectivity index (χ0n) is 6.39. The van der Waals surface area contributed by atoms with Gasteiger partial charge in [-0.3, -0.25) is 0 Å². The predicted octanol–water partition coefficient (Wildman–Crippen LogP) is 2.37. The molecule has 0 bridgehead atoms. The lowest BCUT2D eigenvalue weighted by atomic mass is 10.1. The van der Waals surface area contributed by atoms with Crippen LogP contribution < -0.4 is 0 Å². The molecule has 1 rings (SSSR count). The number of terminal acetylenes is 1. The lowest BCUT2D eigenvalue weighted by Gasteiger charge is -1.97. The van der Waals surface area contributed by atoms with Gasteiger partial charge in [-0.05, 0) is 24.1 Å². The second-order valence-corrected chi connectivity index (χ2v) is 2.31. The van der Waals surface area contributed by atoms with E-state index < -0.39 is 0 Å². The molecule has 0 aliphatic carbocycles. The molecule has 0 amide bonds. The highest BCUT2D eigenvalue weighted by atomic mass is 19.1. The molecule has 0 heterocycles. The minimum absolute atomic E-state index is 0.315. The SMILES string of the molecule is C#Cc1cc(CC)ccc1F. The summed E-state index contributed by atoms with van der Waals surface area (Å²) < 4.78 is 12.8. The van der Waals surface area contributed by atoms with E-state index in [-0.39, 0.29) is 5.82 Å². The Morgan fingerprint density at radius 2 is 2.27 bits per heavy atom. The summed E-state index contributed by atoms with van der Waals surface area (Å²) in [5, 5.41) is 0. The third kappa shape index (κ3) is 1.59. The minimum Gasteiger partial charge on any atom is -0.206 e. The van der Waals surface area contributed by atoms with Gasteiger partial charge in [-0.1, -0.05) is 18.9 Å². The maximum absolute atomic E-state index is 12.8. The Morgan fingerprint density at radius 1 is 1.55 bits per heavy atom. The van der Waals surface area contributed by atoms with Crippen LogP contribution in [-0.4, -0.2) is 0 Å². The maximum Gasteiger partial charge on any atom is 0.138 e. The van der Waals surface area contributed by atoms with Crippen LogP contribution in [0.1, 0.15) is 18.1 Å². The second kappa shape index (κ2) is 3.21. The van der Waals surface area contributed by atoms with Crippen LogP contribution in [0.4, 0.5) is 4.39 Å². The summed E-state index contributed by atoms with van der Waals surface area (Å²) in [4.78, 5) is 0. The van der Waals surface area contributed by atoms with E-state index in [2.05, 4.69) is 5.92 Å². The van der Waals surface area contributed by atoms with Gasteiger partial charge in [-0.2, -0.15) is 0 Å². The first-order valence-electron chi connectivity index (χ1n) is 3.53. The van der Waals surface area contributed by atoms with Crippen LogP contribution in [0.15, 0.2) is 18.2 Å². The Balaban J connectivity index is 3.15. The van der Waals surface area contributed by atoms with Crippen LogP contribution in [-0.2, 0) is 6.42 Å². The van der Waals surface area contributed by atoms with Gasteiger partial charge in [0.15, 0.2) is 0 Å². The monoisotopic (exact) mass is 148 g/mol. The lowest BCUT2D eigenvalue weighted by molar-refractivity contribution is 0.623. The number of aryl methyl sites for hydroxylation is 1. The summed E-state index contributed by atoms with van der Waals surface area (Å²) in [7, 11) is 0. The molecule has 0 atom stereocenters. The lowest BCUT2D eigenvalue weighted by Crippen LogP contribution is -1.86. The molecule has 0 spiro atoms. The molecule has 11 heavy (non-hydrogen) atoms. The van der Waals surface area contributed by atoms with Crippen molar-refractivity contribution >= 4 is 0 Å². The van der Waals surface area contributed by atoms with Crippen LogP contribution in [0.25, 0.3) is 0 Å². The molecule has 0 saturated carbocycles. The third-order valence-corrected chi connectivity index (χ3v) is 1.59. The summed E-state index contributed by atoms with van der Waals surface area (Å²) >= 11 is 0. The molecular weight excluding hydrogens is 139 g/mol. The Hall–Kier alpha value is -1.29. The third-order valence-electron chi connectivity index (χ3n) is 1.59. The topological polar surface area (TPSA) is 0 Å². The van der Waals surface area contributed by atoms with Gasteiger partial charge >= 0.3 is 0 Å². The van der Waals surface area contributed by atoms with Crippen molar-refractivity contribution in [3.05, 3.63) is 35.1 Å². The number of hydrogen-bond donors (Lipinski definition) is 0. The van der Waals surface area contributed by atoms with Gasteiger partial charge in [-0.15, -0.1) is 6.42 Å². The molecular formula is C10H9F. The van der Waals surface area contributed by atoms with Gasteiger partial charge in [0, 0.05) is 0 Å². The number of halogens is 1. The fraction of sp³-hybridized carbons (Fsp3) is 0.200. The molecule has 0 aliphatic rings. The van der Waals surface area contributed by atoms with E-state index in [1.54, 1.807) is 12.1 Å². The van der Waals surface area contributed by atoms with E-state index in [0.717, 1.165) is 12.0 Å². The van der Waals surface area contributed by atoms with E-state index >= 15 is 0 Å². The molecule has 0 unspecified atom stereocenters. The average molecular weight is 148 g/mol. The summed E-state index contributed by atoms with van der Waals surface area (Å²) in [6.45, 7) is 2.01. The standard InChI is InChI=1S/C10H9F/c1-3-8-5-6-10(11)9(4-2)7-8/h2,5-7H,3H2,1H3. The van der Waals surface area contributed by atoms with Gasteiger partial charge in [0.25, 0.3) is 0 Å². The number of benzene rings is 1. The zero-order valence-corrected chi connectivity index (χ0v) is 6.39. The van der Waals surface area contributed by atoms with E-state index in [9.17, 15) is 4.39 Å². The summed E-state index contributed by atoms with van der Waals surface area (Å²) in [5.74, 6) is 1.98. The Kier molecular flexibility index (Phi) is 2.28. The van der Waals surface area contributed by atoms with Gasteiger partial charge in [0.05, 0.1) is 5.56 Å². The minimum atomic E-state index is -0.315. The van der Waals surface area contributed by atoms with Gasteiger partial charge < -0.3 is 0 Å². The van der Waals surface area contributed by atoms with Gasteiger partial charge in [-0.25, -0.2) is 4.39 Å². The van der Waals surface area contributed by atoms with Gasteiger partial charge in [0.1, 0.15) is 5.82 Å². The van der Waals surface area contributed by atoms with E-state index in [1.807, 2.05) is 6.92 Å². The Bertz CT molecular complexity index is 294. The van der Waals surface area contributed by atoms with Crippen LogP contribution in [0.5, 0.6) is 0 Å². The molecule has 0 radical (unpaired) electrons. The molecule has 0 saturated heterocycles. The largest absolute Gasteiger partial charge is 0.206 e.